The summed E-state index contributed by atoms with van der Waals surface area (Å²) in [5.74, 6) is -2.42. The zero-order chi connectivity index (χ0) is 8.73. The maximum atomic E-state index is 9.59. The maximum Gasteiger partial charge on any atom is 2.00 e. The first-order valence-electron chi connectivity index (χ1n) is 2.76. The molecular formula is C6H10CaMgO4+2. The van der Waals surface area contributed by atoms with Crippen LogP contribution in [0.3, 0.4) is 0 Å². The van der Waals surface area contributed by atoms with Crippen LogP contribution in [0.2, 0.25) is 0 Å². The van der Waals surface area contributed by atoms with Gasteiger partial charge in [0.05, 0.1) is 0 Å². The van der Waals surface area contributed by atoms with E-state index >= 15 is 0 Å². The molecule has 0 N–H and O–H groups in total. The van der Waals surface area contributed by atoms with Gasteiger partial charge in [-0.05, 0) is 12.8 Å². The molecule has 0 saturated carbocycles. The third-order valence-electron chi connectivity index (χ3n) is 0.471. The van der Waals surface area contributed by atoms with Crippen molar-refractivity contribution in [1.29, 1.82) is 0 Å². The standard InChI is InChI=1S/C4H8O2.C2H4O2.Ca.Mg/c1-3(2)4(5)6;1-2(3)4;;/h3H,1-2H3,(H,5,6);1H3,(H,3,4);;/q;;2*+2/p-2. The van der Waals surface area contributed by atoms with Gasteiger partial charge in [-0.15, -0.1) is 0 Å². The van der Waals surface area contributed by atoms with Crippen LogP contribution in [0.15, 0.2) is 0 Å². The van der Waals surface area contributed by atoms with Gasteiger partial charge in [0, 0.05) is 11.9 Å². The smallest absolute Gasteiger partial charge is 0.550 e. The fourth-order valence-corrected chi connectivity index (χ4v) is 0. The van der Waals surface area contributed by atoms with Crippen LogP contribution < -0.4 is 10.2 Å². The van der Waals surface area contributed by atoms with E-state index in [0.29, 0.717) is 0 Å². The van der Waals surface area contributed by atoms with Gasteiger partial charge in [-0.25, -0.2) is 0 Å². The van der Waals surface area contributed by atoms with Crippen molar-refractivity contribution in [3.63, 3.8) is 0 Å². The van der Waals surface area contributed by atoms with Gasteiger partial charge in [-0.3, -0.25) is 0 Å². The predicted octanol–water partition coefficient (Wildman–Crippen LogP) is -2.61. The summed E-state index contributed by atoms with van der Waals surface area (Å²) >= 11 is 0. The van der Waals surface area contributed by atoms with E-state index in [1.807, 2.05) is 0 Å². The molecule has 12 heavy (non-hydrogen) atoms. The van der Waals surface area contributed by atoms with Crippen molar-refractivity contribution in [3.05, 3.63) is 0 Å². The monoisotopic (exact) mass is 210 g/mol. The summed E-state index contributed by atoms with van der Waals surface area (Å²) in [5.41, 5.74) is 0. The van der Waals surface area contributed by atoms with Gasteiger partial charge in [0.2, 0.25) is 0 Å². The van der Waals surface area contributed by atoms with Crippen molar-refractivity contribution < 1.29 is 19.8 Å². The second kappa shape index (κ2) is 14.5. The van der Waals surface area contributed by atoms with Crippen LogP contribution in [0.25, 0.3) is 0 Å². The topological polar surface area (TPSA) is 80.3 Å². The minimum absolute atomic E-state index is 0. The summed E-state index contributed by atoms with van der Waals surface area (Å²) in [7, 11) is 0. The van der Waals surface area contributed by atoms with E-state index in [1.165, 1.54) is 0 Å². The number of carboxylic acids is 2. The van der Waals surface area contributed by atoms with Gasteiger partial charge in [-0.2, -0.15) is 0 Å². The van der Waals surface area contributed by atoms with Gasteiger partial charge in [0.15, 0.2) is 0 Å². The predicted molar refractivity (Wildman–Crippen MR) is 42.0 cm³/mol. The number of rotatable bonds is 1. The van der Waals surface area contributed by atoms with E-state index in [0.717, 1.165) is 6.92 Å². The Bertz CT molecular complexity index is 123. The molecule has 0 rings (SSSR count). The molecule has 0 unspecified atom stereocenters. The maximum absolute atomic E-state index is 9.59. The van der Waals surface area contributed by atoms with Crippen molar-refractivity contribution in [2.45, 2.75) is 20.8 Å². The zero-order valence-electron chi connectivity index (χ0n) is 7.62. The molecule has 0 aromatic heterocycles. The van der Waals surface area contributed by atoms with E-state index in [4.69, 9.17) is 9.90 Å². The molecule has 0 heterocycles. The van der Waals surface area contributed by atoms with Gasteiger partial charge >= 0.3 is 60.8 Å². The average Bonchev–Trinajstić information content (AvgIpc) is 1.63. The largest absolute Gasteiger partial charge is 2.00 e. The third kappa shape index (κ3) is 44.2. The summed E-state index contributed by atoms with van der Waals surface area (Å²) in [4.78, 5) is 18.5. The first-order valence-corrected chi connectivity index (χ1v) is 2.76. The van der Waals surface area contributed by atoms with Gasteiger partial charge in [0.25, 0.3) is 0 Å². The number of carbonyl (C=O) groups excluding carboxylic acids is 2. The Morgan fingerprint density at radius 3 is 1.25 bits per heavy atom. The quantitative estimate of drug-likeness (QED) is 0.444. The summed E-state index contributed by atoms with van der Waals surface area (Å²) < 4.78 is 0. The summed E-state index contributed by atoms with van der Waals surface area (Å²) in [5, 5.41) is 18.5. The molecule has 6 heteroatoms. The zero-order valence-corrected chi connectivity index (χ0v) is 11.2. The van der Waals surface area contributed by atoms with Crippen molar-refractivity contribution >= 4 is 72.7 Å². The Hall–Kier alpha value is 0.966. The molecule has 60 valence electrons. The van der Waals surface area contributed by atoms with E-state index in [9.17, 15) is 9.90 Å². The molecule has 0 radical (unpaired) electrons. The molecule has 4 nitrogen and oxygen atoms in total. The van der Waals surface area contributed by atoms with Crippen LogP contribution in [0.5, 0.6) is 0 Å². The fraction of sp³-hybridized carbons (Fsp3) is 0.667. The molecule has 0 aromatic rings. The second-order valence-electron chi connectivity index (χ2n) is 1.97. The number of hydrogen-bond acceptors (Lipinski definition) is 4. The van der Waals surface area contributed by atoms with Crippen molar-refractivity contribution in [3.8, 4) is 0 Å². The Morgan fingerprint density at radius 1 is 1.17 bits per heavy atom. The van der Waals surface area contributed by atoms with Gasteiger partial charge in [0.1, 0.15) is 0 Å². The average molecular weight is 211 g/mol. The molecule has 0 fully saturated rings. The van der Waals surface area contributed by atoms with Crippen LogP contribution in [-0.4, -0.2) is 72.7 Å². The van der Waals surface area contributed by atoms with E-state index in [1.54, 1.807) is 13.8 Å². The Labute approximate surface area is 118 Å². The number of carbonyl (C=O) groups is 2. The molecule has 0 spiro atoms. The first kappa shape index (κ1) is 23.1. The number of hydrogen-bond donors (Lipinski definition) is 0. The normalized spacial score (nSPS) is 6.67. The van der Waals surface area contributed by atoms with Crippen molar-refractivity contribution in [2.24, 2.45) is 5.92 Å². The van der Waals surface area contributed by atoms with Gasteiger partial charge in [-0.1, -0.05) is 13.8 Å². The Morgan fingerprint density at radius 2 is 1.25 bits per heavy atom. The van der Waals surface area contributed by atoms with Gasteiger partial charge < -0.3 is 19.8 Å². The van der Waals surface area contributed by atoms with Crippen molar-refractivity contribution in [1.82, 2.24) is 0 Å². The summed E-state index contributed by atoms with van der Waals surface area (Å²) in [6.45, 7) is 4.13. The van der Waals surface area contributed by atoms with Crippen LogP contribution in [-0.2, 0) is 9.59 Å². The van der Waals surface area contributed by atoms with E-state index < -0.39 is 11.9 Å². The molecule has 0 atom stereocenters. The van der Waals surface area contributed by atoms with E-state index in [-0.39, 0.29) is 66.7 Å². The molecule has 0 amide bonds. The minimum Gasteiger partial charge on any atom is -0.550 e. The van der Waals surface area contributed by atoms with Crippen LogP contribution in [0.1, 0.15) is 20.8 Å². The summed E-state index contributed by atoms with van der Waals surface area (Å²) in [6.07, 6.45) is 0. The summed E-state index contributed by atoms with van der Waals surface area (Å²) in [6, 6.07) is 0. The molecule has 0 aliphatic rings. The SMILES string of the molecule is CC(=O)[O-].CC(C)C(=O)[O-].[Ca+2].[Mg+2]. The molecular weight excluding hydrogens is 200 g/mol. The Balaban J connectivity index is -0.0000000483. The molecule has 0 aliphatic carbocycles. The molecule has 0 bridgehead atoms. The van der Waals surface area contributed by atoms with E-state index in [2.05, 4.69) is 0 Å². The minimum atomic E-state index is -1.08. The first-order chi connectivity index (χ1) is 4.37. The van der Waals surface area contributed by atoms with Crippen LogP contribution in [0.4, 0.5) is 0 Å². The van der Waals surface area contributed by atoms with Crippen LogP contribution in [0, 0.1) is 5.92 Å². The number of carboxylic acid groups (broad SMARTS) is 2. The Kier molecular flexibility index (Phi) is 27.9. The van der Waals surface area contributed by atoms with Crippen molar-refractivity contribution in [2.75, 3.05) is 0 Å². The number of aliphatic carboxylic acids is 2. The van der Waals surface area contributed by atoms with Crippen LogP contribution >= 0.6 is 0 Å². The third-order valence-corrected chi connectivity index (χ3v) is 0.471. The molecule has 0 aromatic carbocycles. The molecule has 0 saturated heterocycles. The molecule has 0 aliphatic heterocycles. The second-order valence-corrected chi connectivity index (χ2v) is 1.97. The fourth-order valence-electron chi connectivity index (χ4n) is 0.